The summed E-state index contributed by atoms with van der Waals surface area (Å²) < 4.78 is 0. The zero-order valence-corrected chi connectivity index (χ0v) is 10.2. The summed E-state index contributed by atoms with van der Waals surface area (Å²) in [5, 5.41) is 11.7. The molecule has 1 rings (SSSR count). The minimum absolute atomic E-state index is 0.248. The average Bonchev–Trinajstić information content (AvgIpc) is 2.29. The van der Waals surface area contributed by atoms with Gasteiger partial charge < -0.3 is 15.8 Å². The van der Waals surface area contributed by atoms with E-state index in [9.17, 15) is 0 Å². The van der Waals surface area contributed by atoms with Gasteiger partial charge in [0, 0.05) is 12.5 Å². The predicted octanol–water partition coefficient (Wildman–Crippen LogP) is 1.20. The van der Waals surface area contributed by atoms with Crippen molar-refractivity contribution in [1.29, 1.82) is 0 Å². The van der Waals surface area contributed by atoms with Crippen LogP contribution in [-0.4, -0.2) is 47.6 Å². The standard InChI is InChI=1S/C10H21N3OS/c1-15-7-3-6-13-5-2-4-9(8-13)10(11)12-14/h9,14H,2-8H2,1H3,(H2,11,12). The summed E-state index contributed by atoms with van der Waals surface area (Å²) in [6, 6.07) is 0. The Labute approximate surface area is 95.9 Å². The largest absolute Gasteiger partial charge is 0.409 e. The Kier molecular flexibility index (Phi) is 5.86. The quantitative estimate of drug-likeness (QED) is 0.245. The molecule has 0 aliphatic carbocycles. The number of piperidine rings is 1. The average molecular weight is 231 g/mol. The van der Waals surface area contributed by atoms with Crippen LogP contribution in [0.4, 0.5) is 0 Å². The van der Waals surface area contributed by atoms with Gasteiger partial charge in [0.25, 0.3) is 0 Å². The molecule has 1 saturated heterocycles. The van der Waals surface area contributed by atoms with Crippen molar-refractivity contribution in [2.75, 3.05) is 31.6 Å². The van der Waals surface area contributed by atoms with Crippen molar-refractivity contribution >= 4 is 17.6 Å². The molecule has 1 unspecified atom stereocenters. The first kappa shape index (κ1) is 12.6. The van der Waals surface area contributed by atoms with Crippen molar-refractivity contribution in [3.63, 3.8) is 0 Å². The minimum Gasteiger partial charge on any atom is -0.409 e. The molecule has 0 saturated carbocycles. The van der Waals surface area contributed by atoms with E-state index in [1.165, 1.54) is 12.2 Å². The third kappa shape index (κ3) is 4.30. The Balaban J connectivity index is 2.29. The molecular weight excluding hydrogens is 210 g/mol. The molecule has 0 radical (unpaired) electrons. The second-order valence-corrected chi connectivity index (χ2v) is 5.00. The van der Waals surface area contributed by atoms with Crippen LogP contribution in [0.25, 0.3) is 0 Å². The maximum atomic E-state index is 8.63. The highest BCUT2D eigenvalue weighted by molar-refractivity contribution is 7.98. The molecule has 1 heterocycles. The molecule has 3 N–H and O–H groups in total. The number of hydrogen-bond donors (Lipinski definition) is 2. The summed E-state index contributed by atoms with van der Waals surface area (Å²) >= 11 is 1.89. The first-order valence-electron chi connectivity index (χ1n) is 5.46. The zero-order chi connectivity index (χ0) is 11.1. The number of likely N-dealkylation sites (tertiary alicyclic amines) is 1. The van der Waals surface area contributed by atoms with E-state index in [1.807, 2.05) is 11.8 Å². The van der Waals surface area contributed by atoms with Crippen LogP contribution in [0.3, 0.4) is 0 Å². The van der Waals surface area contributed by atoms with Gasteiger partial charge in [-0.1, -0.05) is 5.16 Å². The molecule has 1 aliphatic rings. The van der Waals surface area contributed by atoms with Gasteiger partial charge in [0.05, 0.1) is 0 Å². The van der Waals surface area contributed by atoms with Crippen LogP contribution in [0.15, 0.2) is 5.16 Å². The molecule has 1 atom stereocenters. The first-order valence-corrected chi connectivity index (χ1v) is 6.86. The Hall–Kier alpha value is -0.420. The lowest BCUT2D eigenvalue weighted by Gasteiger charge is -2.31. The highest BCUT2D eigenvalue weighted by atomic mass is 32.2. The smallest absolute Gasteiger partial charge is 0.143 e. The molecule has 0 bridgehead atoms. The van der Waals surface area contributed by atoms with Crippen LogP contribution in [0.2, 0.25) is 0 Å². The van der Waals surface area contributed by atoms with Crippen molar-refractivity contribution in [1.82, 2.24) is 4.90 Å². The maximum Gasteiger partial charge on any atom is 0.143 e. The topological polar surface area (TPSA) is 61.8 Å². The number of thioether (sulfide) groups is 1. The van der Waals surface area contributed by atoms with Gasteiger partial charge >= 0.3 is 0 Å². The van der Waals surface area contributed by atoms with Gasteiger partial charge in [0.15, 0.2) is 0 Å². The van der Waals surface area contributed by atoms with Crippen molar-refractivity contribution in [3.05, 3.63) is 0 Å². The van der Waals surface area contributed by atoms with E-state index in [1.54, 1.807) is 0 Å². The molecule has 0 aromatic rings. The third-order valence-electron chi connectivity index (χ3n) is 2.86. The Morgan fingerprint density at radius 2 is 2.47 bits per heavy atom. The van der Waals surface area contributed by atoms with Gasteiger partial charge in [-0.2, -0.15) is 11.8 Å². The SMILES string of the molecule is CSCCCN1CCCC(C(N)=NO)C1. The molecule has 0 aromatic heterocycles. The van der Waals surface area contributed by atoms with E-state index in [-0.39, 0.29) is 5.92 Å². The van der Waals surface area contributed by atoms with Crippen molar-refractivity contribution < 1.29 is 5.21 Å². The third-order valence-corrected chi connectivity index (χ3v) is 3.56. The monoisotopic (exact) mass is 231 g/mol. The van der Waals surface area contributed by atoms with E-state index in [0.717, 1.165) is 32.5 Å². The number of nitrogens with two attached hydrogens (primary N) is 1. The molecule has 1 fully saturated rings. The normalized spacial score (nSPS) is 24.3. The first-order chi connectivity index (χ1) is 7.27. The summed E-state index contributed by atoms with van der Waals surface area (Å²) in [4.78, 5) is 2.42. The van der Waals surface area contributed by atoms with E-state index in [4.69, 9.17) is 10.9 Å². The molecular formula is C10H21N3OS. The van der Waals surface area contributed by atoms with E-state index in [2.05, 4.69) is 16.3 Å². The predicted molar refractivity (Wildman–Crippen MR) is 65.6 cm³/mol. The van der Waals surface area contributed by atoms with Gasteiger partial charge in [-0.3, -0.25) is 0 Å². The van der Waals surface area contributed by atoms with Gasteiger partial charge in [0.2, 0.25) is 0 Å². The Bertz CT molecular complexity index is 211. The highest BCUT2D eigenvalue weighted by Gasteiger charge is 2.22. The number of nitrogens with zero attached hydrogens (tertiary/aromatic N) is 2. The van der Waals surface area contributed by atoms with Gasteiger partial charge in [-0.05, 0) is 44.4 Å². The van der Waals surface area contributed by atoms with Crippen LogP contribution in [0.1, 0.15) is 19.3 Å². The Morgan fingerprint density at radius 3 is 3.13 bits per heavy atom. The summed E-state index contributed by atoms with van der Waals surface area (Å²) in [7, 11) is 0. The molecule has 5 heteroatoms. The molecule has 0 aromatic carbocycles. The number of rotatable bonds is 5. The highest BCUT2D eigenvalue weighted by Crippen LogP contribution is 2.16. The summed E-state index contributed by atoms with van der Waals surface area (Å²) in [6.07, 6.45) is 5.56. The fraction of sp³-hybridized carbons (Fsp3) is 0.900. The zero-order valence-electron chi connectivity index (χ0n) is 9.35. The summed E-state index contributed by atoms with van der Waals surface area (Å²) in [5.74, 6) is 1.85. The van der Waals surface area contributed by atoms with Crippen molar-refractivity contribution in [2.24, 2.45) is 16.8 Å². The van der Waals surface area contributed by atoms with Crippen molar-refractivity contribution in [3.8, 4) is 0 Å². The van der Waals surface area contributed by atoms with Crippen LogP contribution >= 0.6 is 11.8 Å². The maximum absolute atomic E-state index is 8.63. The van der Waals surface area contributed by atoms with Gasteiger partial charge in [-0.15, -0.1) is 0 Å². The lowest BCUT2D eigenvalue weighted by Crippen LogP contribution is -2.41. The number of hydrogen-bond acceptors (Lipinski definition) is 4. The van der Waals surface area contributed by atoms with Gasteiger partial charge in [-0.25, -0.2) is 0 Å². The molecule has 1 aliphatic heterocycles. The van der Waals surface area contributed by atoms with Crippen LogP contribution < -0.4 is 5.73 Å². The van der Waals surface area contributed by atoms with Gasteiger partial charge in [0.1, 0.15) is 5.84 Å². The second-order valence-electron chi connectivity index (χ2n) is 4.01. The van der Waals surface area contributed by atoms with Crippen LogP contribution in [0, 0.1) is 5.92 Å². The van der Waals surface area contributed by atoms with E-state index < -0.39 is 0 Å². The van der Waals surface area contributed by atoms with E-state index >= 15 is 0 Å². The molecule has 88 valence electrons. The summed E-state index contributed by atoms with van der Waals surface area (Å²) in [5.41, 5.74) is 5.63. The van der Waals surface area contributed by atoms with Crippen LogP contribution in [0.5, 0.6) is 0 Å². The minimum atomic E-state index is 0.248. The van der Waals surface area contributed by atoms with Crippen LogP contribution in [-0.2, 0) is 0 Å². The second kappa shape index (κ2) is 6.95. The molecule has 0 spiro atoms. The number of amidine groups is 1. The fourth-order valence-electron chi connectivity index (χ4n) is 2.01. The molecule has 0 amide bonds. The lowest BCUT2D eigenvalue weighted by molar-refractivity contribution is 0.201. The van der Waals surface area contributed by atoms with Crippen molar-refractivity contribution in [2.45, 2.75) is 19.3 Å². The number of oxime groups is 1. The van der Waals surface area contributed by atoms with E-state index in [0.29, 0.717) is 5.84 Å². The lowest BCUT2D eigenvalue weighted by atomic mass is 9.97. The molecule has 4 nitrogen and oxygen atoms in total. The summed E-state index contributed by atoms with van der Waals surface area (Å²) in [6.45, 7) is 3.24. The fourth-order valence-corrected chi connectivity index (χ4v) is 2.43. The molecule has 15 heavy (non-hydrogen) atoms. The Morgan fingerprint density at radius 1 is 1.67 bits per heavy atom.